The van der Waals surface area contributed by atoms with E-state index in [1.807, 2.05) is 23.1 Å². The summed E-state index contributed by atoms with van der Waals surface area (Å²) in [6.45, 7) is 0.912. The summed E-state index contributed by atoms with van der Waals surface area (Å²) in [5.41, 5.74) is 2.27. The van der Waals surface area contributed by atoms with Crippen LogP contribution in [-0.2, 0) is 21.2 Å². The van der Waals surface area contributed by atoms with Crippen molar-refractivity contribution in [1.82, 2.24) is 9.21 Å². The fourth-order valence-electron chi connectivity index (χ4n) is 3.37. The Morgan fingerprint density at radius 1 is 1.13 bits per heavy atom. The molecule has 120 valence electrons. The van der Waals surface area contributed by atoms with Gasteiger partial charge in [0.15, 0.2) is 0 Å². The first-order valence-corrected chi connectivity index (χ1v) is 9.80. The smallest absolute Gasteiger partial charge is 0.253 e. The molecule has 1 saturated heterocycles. The van der Waals surface area contributed by atoms with Crippen LogP contribution in [0.25, 0.3) is 0 Å². The molecule has 7 heteroatoms. The Hall–Kier alpha value is -1.70. The summed E-state index contributed by atoms with van der Waals surface area (Å²) in [4.78, 5) is 14.3. The van der Waals surface area contributed by atoms with Crippen molar-refractivity contribution in [2.24, 2.45) is 0 Å². The lowest BCUT2D eigenvalue weighted by molar-refractivity contribution is -0.138. The molecule has 1 amide bonds. The summed E-state index contributed by atoms with van der Waals surface area (Å²) in [6, 6.07) is 11.1. The van der Waals surface area contributed by atoms with Crippen molar-refractivity contribution in [3.63, 3.8) is 0 Å². The van der Waals surface area contributed by atoms with Crippen LogP contribution < -0.4 is 0 Å². The number of sulfonamides is 1. The fraction of sp³-hybridized carbons (Fsp3) is 0.312. The SMILES string of the molecule is O=C1CN(S(=O)(=O)c2cccs2)C[C@H]2c3ccccc3CCN12. The molecule has 0 saturated carbocycles. The Bertz CT molecular complexity index is 846. The molecule has 1 aromatic heterocycles. The number of piperazine rings is 1. The Balaban J connectivity index is 1.72. The number of amides is 1. The number of hydrogen-bond acceptors (Lipinski definition) is 4. The fourth-order valence-corrected chi connectivity index (χ4v) is 5.91. The third-order valence-corrected chi connectivity index (χ3v) is 7.69. The summed E-state index contributed by atoms with van der Waals surface area (Å²) in [5.74, 6) is -0.115. The van der Waals surface area contributed by atoms with Gasteiger partial charge in [0.1, 0.15) is 4.21 Å². The van der Waals surface area contributed by atoms with Crippen molar-refractivity contribution in [3.05, 3.63) is 52.9 Å². The summed E-state index contributed by atoms with van der Waals surface area (Å²) in [6.07, 6.45) is 0.829. The van der Waals surface area contributed by atoms with Crippen LogP contribution in [0.4, 0.5) is 0 Å². The number of carbonyl (C=O) groups excluding carboxylic acids is 1. The van der Waals surface area contributed by atoms with Gasteiger partial charge in [-0.2, -0.15) is 4.31 Å². The van der Waals surface area contributed by atoms with Gasteiger partial charge in [-0.05, 0) is 29.0 Å². The van der Waals surface area contributed by atoms with E-state index < -0.39 is 10.0 Å². The summed E-state index contributed by atoms with van der Waals surface area (Å²) in [5, 5.41) is 1.74. The first-order valence-electron chi connectivity index (χ1n) is 7.48. The third kappa shape index (κ3) is 2.39. The molecule has 2 aliphatic heterocycles. The van der Waals surface area contributed by atoms with Gasteiger partial charge in [-0.25, -0.2) is 8.42 Å². The average Bonchev–Trinajstić information content (AvgIpc) is 3.10. The van der Waals surface area contributed by atoms with Crippen LogP contribution >= 0.6 is 11.3 Å². The highest BCUT2D eigenvalue weighted by Crippen LogP contribution is 2.35. The van der Waals surface area contributed by atoms with E-state index in [0.717, 1.165) is 12.0 Å². The Kier molecular flexibility index (Phi) is 3.51. The molecule has 0 N–H and O–H groups in total. The number of hydrogen-bond donors (Lipinski definition) is 0. The zero-order chi connectivity index (χ0) is 16.0. The molecule has 2 aliphatic rings. The third-order valence-electron chi connectivity index (χ3n) is 4.51. The lowest BCUT2D eigenvalue weighted by atomic mass is 9.91. The highest BCUT2D eigenvalue weighted by Gasteiger charge is 2.41. The minimum Gasteiger partial charge on any atom is -0.333 e. The van der Waals surface area contributed by atoms with E-state index in [0.29, 0.717) is 17.3 Å². The van der Waals surface area contributed by atoms with Gasteiger partial charge in [-0.15, -0.1) is 11.3 Å². The van der Waals surface area contributed by atoms with Gasteiger partial charge < -0.3 is 4.90 Å². The number of benzene rings is 1. The van der Waals surface area contributed by atoms with E-state index >= 15 is 0 Å². The van der Waals surface area contributed by atoms with E-state index in [2.05, 4.69) is 6.07 Å². The van der Waals surface area contributed by atoms with Gasteiger partial charge in [0.05, 0.1) is 12.6 Å². The standard InChI is InChI=1S/C16H16N2O3S2/c19-15-11-17(23(20,21)16-6-3-9-22-16)10-14-13-5-2-1-4-12(13)7-8-18(14)15/h1-6,9,14H,7-8,10-11H2/t14-/m0/s1. The minimum absolute atomic E-state index is 0.0705. The molecule has 0 bridgehead atoms. The molecule has 2 aromatic rings. The second-order valence-corrected chi connectivity index (χ2v) is 8.89. The normalized spacial score (nSPS) is 21.8. The summed E-state index contributed by atoms with van der Waals surface area (Å²) in [7, 11) is -3.60. The predicted octanol–water partition coefficient (Wildman–Crippen LogP) is 1.88. The van der Waals surface area contributed by atoms with E-state index in [1.165, 1.54) is 21.2 Å². The van der Waals surface area contributed by atoms with Gasteiger partial charge in [0.25, 0.3) is 10.0 Å². The van der Waals surface area contributed by atoms with Crippen LogP contribution in [0.15, 0.2) is 46.0 Å². The number of fused-ring (bicyclic) bond motifs is 3. The minimum atomic E-state index is -3.60. The second kappa shape index (κ2) is 5.43. The Morgan fingerprint density at radius 2 is 1.96 bits per heavy atom. The number of nitrogens with zero attached hydrogens (tertiary/aromatic N) is 2. The van der Waals surface area contributed by atoms with E-state index in [9.17, 15) is 13.2 Å². The maximum Gasteiger partial charge on any atom is 0.253 e. The van der Waals surface area contributed by atoms with E-state index in [4.69, 9.17) is 0 Å². The molecule has 0 aliphatic carbocycles. The summed E-state index contributed by atoms with van der Waals surface area (Å²) >= 11 is 1.19. The zero-order valence-corrected chi connectivity index (χ0v) is 14.0. The van der Waals surface area contributed by atoms with E-state index in [1.54, 1.807) is 17.5 Å². The van der Waals surface area contributed by atoms with Crippen LogP contribution in [0, 0.1) is 0 Å². The monoisotopic (exact) mass is 348 g/mol. The molecule has 4 rings (SSSR count). The maximum absolute atomic E-state index is 12.7. The van der Waals surface area contributed by atoms with Gasteiger partial charge in [0.2, 0.25) is 5.91 Å². The van der Waals surface area contributed by atoms with Crippen LogP contribution in [0.2, 0.25) is 0 Å². The molecule has 3 heterocycles. The first-order chi connectivity index (χ1) is 11.1. The molecular formula is C16H16N2O3S2. The van der Waals surface area contributed by atoms with Gasteiger partial charge in [0, 0.05) is 13.1 Å². The lowest BCUT2D eigenvalue weighted by Crippen LogP contribution is -2.55. The predicted molar refractivity (Wildman–Crippen MR) is 87.7 cm³/mol. The van der Waals surface area contributed by atoms with Crippen molar-refractivity contribution in [1.29, 1.82) is 0 Å². The molecule has 5 nitrogen and oxygen atoms in total. The van der Waals surface area contributed by atoms with Crippen LogP contribution in [0.5, 0.6) is 0 Å². The van der Waals surface area contributed by atoms with Crippen molar-refractivity contribution >= 4 is 27.3 Å². The molecule has 0 radical (unpaired) electrons. The van der Waals surface area contributed by atoms with Crippen molar-refractivity contribution in [2.75, 3.05) is 19.6 Å². The molecule has 1 fully saturated rings. The second-order valence-electron chi connectivity index (χ2n) is 5.78. The van der Waals surface area contributed by atoms with Gasteiger partial charge in [-0.1, -0.05) is 30.3 Å². The van der Waals surface area contributed by atoms with Crippen LogP contribution in [-0.4, -0.2) is 43.2 Å². The van der Waals surface area contributed by atoms with Crippen molar-refractivity contribution < 1.29 is 13.2 Å². The van der Waals surface area contributed by atoms with Gasteiger partial charge in [-0.3, -0.25) is 4.79 Å². The highest BCUT2D eigenvalue weighted by atomic mass is 32.2. The molecular weight excluding hydrogens is 332 g/mol. The lowest BCUT2D eigenvalue weighted by Gasteiger charge is -2.43. The first kappa shape index (κ1) is 14.9. The van der Waals surface area contributed by atoms with Crippen LogP contribution in [0.3, 0.4) is 0 Å². The molecule has 0 unspecified atom stereocenters. The molecule has 1 atom stereocenters. The quantitative estimate of drug-likeness (QED) is 0.833. The topological polar surface area (TPSA) is 57.7 Å². The maximum atomic E-state index is 12.7. The van der Waals surface area contributed by atoms with Crippen molar-refractivity contribution in [2.45, 2.75) is 16.7 Å². The van der Waals surface area contributed by atoms with Crippen LogP contribution in [0.1, 0.15) is 17.2 Å². The summed E-state index contributed by atoms with van der Waals surface area (Å²) < 4.78 is 27.1. The van der Waals surface area contributed by atoms with Gasteiger partial charge >= 0.3 is 0 Å². The van der Waals surface area contributed by atoms with E-state index in [-0.39, 0.29) is 18.5 Å². The number of thiophene rings is 1. The zero-order valence-electron chi connectivity index (χ0n) is 12.4. The molecule has 0 spiro atoms. The molecule has 23 heavy (non-hydrogen) atoms. The Morgan fingerprint density at radius 3 is 2.74 bits per heavy atom. The van der Waals surface area contributed by atoms with Crippen molar-refractivity contribution in [3.8, 4) is 0 Å². The number of rotatable bonds is 2. The Labute approximate surface area is 139 Å². The highest BCUT2D eigenvalue weighted by molar-refractivity contribution is 7.91. The number of carbonyl (C=O) groups is 1. The largest absolute Gasteiger partial charge is 0.333 e. The average molecular weight is 348 g/mol. The molecule has 1 aromatic carbocycles.